The maximum absolute atomic E-state index is 4.97. The molecule has 1 N–H and O–H groups in total. The van der Waals surface area contributed by atoms with Crippen molar-refractivity contribution in [3.05, 3.63) is 59.9 Å². The summed E-state index contributed by atoms with van der Waals surface area (Å²) in [4.78, 5) is 9.51. The summed E-state index contributed by atoms with van der Waals surface area (Å²) >= 11 is 0. The molecule has 0 saturated carbocycles. The van der Waals surface area contributed by atoms with Gasteiger partial charge in [-0.1, -0.05) is 36.4 Å². The van der Waals surface area contributed by atoms with E-state index in [-0.39, 0.29) is 30.0 Å². The van der Waals surface area contributed by atoms with Crippen LogP contribution in [0.5, 0.6) is 0 Å². The van der Waals surface area contributed by atoms with E-state index in [0.717, 1.165) is 32.0 Å². The van der Waals surface area contributed by atoms with Crippen LogP contribution >= 0.6 is 24.0 Å². The summed E-state index contributed by atoms with van der Waals surface area (Å²) in [6.07, 6.45) is 7.37. The second-order valence-corrected chi connectivity index (χ2v) is 7.41. The molecular weight excluding hydrogens is 475 g/mol. The highest BCUT2D eigenvalue weighted by Crippen LogP contribution is 2.22. The molecule has 29 heavy (non-hydrogen) atoms. The lowest BCUT2D eigenvalue weighted by Crippen LogP contribution is -2.44. The molecule has 0 saturated heterocycles. The Bertz CT molecular complexity index is 812. The Morgan fingerprint density at radius 3 is 2.59 bits per heavy atom. The predicted octanol–water partition coefficient (Wildman–Crippen LogP) is 3.40. The number of rotatable bonds is 6. The smallest absolute Gasteiger partial charge is 0.194 e. The highest BCUT2D eigenvalue weighted by Gasteiger charge is 2.19. The number of guanidine groups is 1. The lowest BCUT2D eigenvalue weighted by molar-refractivity contribution is 0.304. The molecule has 1 aliphatic rings. The number of aryl methyl sites for hydroxylation is 1. The number of hydrogen-bond acceptors (Lipinski definition) is 3. The van der Waals surface area contributed by atoms with E-state index >= 15 is 0 Å². The number of nitrogens with zero attached hydrogens (tertiary/aromatic N) is 5. The number of aromatic nitrogens is 2. The van der Waals surface area contributed by atoms with Crippen molar-refractivity contribution >= 4 is 35.5 Å². The van der Waals surface area contributed by atoms with Crippen molar-refractivity contribution in [1.82, 2.24) is 24.9 Å². The zero-order chi connectivity index (χ0) is 19.9. The molecule has 1 aromatic heterocycles. The first-order chi connectivity index (χ1) is 13.6. The minimum Gasteiger partial charge on any atom is -0.357 e. The van der Waals surface area contributed by atoms with E-state index in [2.05, 4.69) is 83.8 Å². The minimum atomic E-state index is 0. The van der Waals surface area contributed by atoms with Crippen molar-refractivity contribution in [2.24, 2.45) is 12.0 Å². The molecule has 3 rings (SSSR count). The van der Waals surface area contributed by atoms with Gasteiger partial charge in [-0.3, -0.25) is 9.67 Å². The predicted molar refractivity (Wildman–Crippen MR) is 132 cm³/mol. The van der Waals surface area contributed by atoms with Gasteiger partial charge in [0.1, 0.15) is 0 Å². The molecule has 1 atom stereocenters. The molecule has 0 spiro atoms. The second-order valence-electron chi connectivity index (χ2n) is 7.41. The summed E-state index contributed by atoms with van der Waals surface area (Å²) in [6, 6.07) is 10.9. The van der Waals surface area contributed by atoms with E-state index < -0.39 is 0 Å². The highest BCUT2D eigenvalue weighted by molar-refractivity contribution is 14.0. The van der Waals surface area contributed by atoms with Crippen molar-refractivity contribution in [2.45, 2.75) is 19.4 Å². The SMILES string of the molecule is CCNC(=NCC(c1cnn(C)c1)N(C)C)N1CC=C(c2ccccc2)CC1.I. The van der Waals surface area contributed by atoms with Crippen LogP contribution < -0.4 is 5.32 Å². The fraction of sp³-hybridized carbons (Fsp3) is 0.455. The maximum atomic E-state index is 4.97. The van der Waals surface area contributed by atoms with Gasteiger partial charge in [-0.2, -0.15) is 5.10 Å². The van der Waals surface area contributed by atoms with E-state index in [1.54, 1.807) is 0 Å². The van der Waals surface area contributed by atoms with E-state index in [1.165, 1.54) is 16.7 Å². The Labute approximate surface area is 191 Å². The van der Waals surface area contributed by atoms with Crippen molar-refractivity contribution in [1.29, 1.82) is 0 Å². The van der Waals surface area contributed by atoms with Gasteiger partial charge >= 0.3 is 0 Å². The zero-order valence-corrected chi connectivity index (χ0v) is 20.2. The molecule has 7 heteroatoms. The number of aliphatic imine (C=N–C) groups is 1. The molecule has 6 nitrogen and oxygen atoms in total. The molecule has 2 heterocycles. The van der Waals surface area contributed by atoms with Crippen molar-refractivity contribution in [2.75, 3.05) is 40.3 Å². The van der Waals surface area contributed by atoms with Crippen LogP contribution in [0.25, 0.3) is 5.57 Å². The van der Waals surface area contributed by atoms with Gasteiger partial charge in [0, 0.05) is 38.4 Å². The monoisotopic (exact) mass is 508 g/mol. The fourth-order valence-electron chi connectivity index (χ4n) is 3.55. The molecule has 0 aliphatic carbocycles. The number of halogens is 1. The molecule has 2 aromatic rings. The third-order valence-corrected chi connectivity index (χ3v) is 5.14. The van der Waals surface area contributed by atoms with E-state index in [9.17, 15) is 0 Å². The van der Waals surface area contributed by atoms with Crippen LogP contribution in [0.15, 0.2) is 53.8 Å². The van der Waals surface area contributed by atoms with Crippen molar-refractivity contribution < 1.29 is 0 Å². The summed E-state index contributed by atoms with van der Waals surface area (Å²) < 4.78 is 1.85. The van der Waals surface area contributed by atoms with Gasteiger partial charge in [0.25, 0.3) is 0 Å². The summed E-state index contributed by atoms with van der Waals surface area (Å²) in [5, 5.41) is 7.78. The molecular formula is C22H33IN6. The Morgan fingerprint density at radius 2 is 2.03 bits per heavy atom. The molecule has 0 fully saturated rings. The van der Waals surface area contributed by atoms with Gasteiger partial charge in [-0.25, -0.2) is 0 Å². The van der Waals surface area contributed by atoms with Gasteiger partial charge < -0.3 is 15.1 Å². The molecule has 158 valence electrons. The number of hydrogen-bond donors (Lipinski definition) is 1. The Kier molecular flexibility index (Phi) is 9.16. The summed E-state index contributed by atoms with van der Waals surface area (Å²) in [5.74, 6) is 0.988. The first kappa shape index (κ1) is 23.4. The Morgan fingerprint density at radius 1 is 1.28 bits per heavy atom. The van der Waals surface area contributed by atoms with E-state index in [0.29, 0.717) is 6.54 Å². The van der Waals surface area contributed by atoms with Crippen LogP contribution in [0.1, 0.15) is 30.5 Å². The summed E-state index contributed by atoms with van der Waals surface area (Å²) in [6.45, 7) is 5.55. The lowest BCUT2D eigenvalue weighted by Gasteiger charge is -2.30. The van der Waals surface area contributed by atoms with Crippen molar-refractivity contribution in [3.8, 4) is 0 Å². The maximum Gasteiger partial charge on any atom is 0.194 e. The number of nitrogens with one attached hydrogen (secondary N) is 1. The van der Waals surface area contributed by atoms with E-state index in [4.69, 9.17) is 4.99 Å². The van der Waals surface area contributed by atoms with Crippen LogP contribution in [0, 0.1) is 0 Å². The quantitative estimate of drug-likeness (QED) is 0.369. The van der Waals surface area contributed by atoms with Gasteiger partial charge in [0.2, 0.25) is 0 Å². The van der Waals surface area contributed by atoms with Gasteiger partial charge in [-0.05, 0) is 38.6 Å². The third kappa shape index (κ3) is 6.30. The van der Waals surface area contributed by atoms with Gasteiger partial charge in [0.15, 0.2) is 5.96 Å². The van der Waals surface area contributed by atoms with Crippen LogP contribution in [0.4, 0.5) is 0 Å². The van der Waals surface area contributed by atoms with Crippen LogP contribution in [0.3, 0.4) is 0 Å². The number of benzene rings is 1. The number of likely N-dealkylation sites (N-methyl/N-ethyl adjacent to an activating group) is 1. The third-order valence-electron chi connectivity index (χ3n) is 5.14. The molecule has 1 aromatic carbocycles. The zero-order valence-electron chi connectivity index (χ0n) is 17.9. The highest BCUT2D eigenvalue weighted by atomic mass is 127. The standard InChI is InChI=1S/C22H32N6.HI/c1-5-23-22(24-16-21(26(2)3)20-15-25-27(4)17-20)28-13-11-19(12-14-28)18-9-7-6-8-10-18;/h6-11,15,17,21H,5,12-14,16H2,1-4H3,(H,23,24);1H. The van der Waals surface area contributed by atoms with Crippen LogP contribution in [0.2, 0.25) is 0 Å². The van der Waals surface area contributed by atoms with Gasteiger partial charge in [0.05, 0.1) is 18.8 Å². The van der Waals surface area contributed by atoms with E-state index in [1.807, 2.05) is 17.9 Å². The Hall–Kier alpha value is -1.87. The largest absolute Gasteiger partial charge is 0.357 e. The first-order valence-electron chi connectivity index (χ1n) is 10.0. The molecule has 0 radical (unpaired) electrons. The molecule has 1 aliphatic heterocycles. The molecule has 0 amide bonds. The first-order valence-corrected chi connectivity index (χ1v) is 10.0. The second kappa shape index (κ2) is 11.3. The van der Waals surface area contributed by atoms with Crippen LogP contribution in [-0.4, -0.2) is 65.8 Å². The van der Waals surface area contributed by atoms with Crippen LogP contribution in [-0.2, 0) is 7.05 Å². The lowest BCUT2D eigenvalue weighted by atomic mass is 10.00. The fourth-order valence-corrected chi connectivity index (χ4v) is 3.55. The minimum absolute atomic E-state index is 0. The average Bonchev–Trinajstić information content (AvgIpc) is 3.14. The molecule has 0 bridgehead atoms. The normalized spacial score (nSPS) is 15.7. The van der Waals surface area contributed by atoms with Crippen molar-refractivity contribution in [3.63, 3.8) is 0 Å². The Balaban J connectivity index is 0.00000300. The summed E-state index contributed by atoms with van der Waals surface area (Å²) in [5.41, 5.74) is 3.94. The van der Waals surface area contributed by atoms with Gasteiger partial charge in [-0.15, -0.1) is 24.0 Å². The average molecular weight is 508 g/mol. The summed E-state index contributed by atoms with van der Waals surface area (Å²) in [7, 11) is 6.14. The molecule has 1 unspecified atom stereocenters. The topological polar surface area (TPSA) is 48.7 Å².